The zero-order valence-corrected chi connectivity index (χ0v) is 15.1. The molecule has 3 heterocycles. The summed E-state index contributed by atoms with van der Waals surface area (Å²) in [6.07, 6.45) is 6.04. The Bertz CT molecular complexity index is 724. The number of aromatic nitrogens is 4. The van der Waals surface area contributed by atoms with Crippen LogP contribution in [0, 0.1) is 5.41 Å². The summed E-state index contributed by atoms with van der Waals surface area (Å²) in [5.41, 5.74) is 0.555. The molecule has 2 aromatic heterocycles. The highest BCUT2D eigenvalue weighted by atomic mass is 16.5. The number of rotatable bonds is 4. The fourth-order valence-corrected chi connectivity index (χ4v) is 3.04. The van der Waals surface area contributed by atoms with E-state index in [1.165, 1.54) is 0 Å². The summed E-state index contributed by atoms with van der Waals surface area (Å²) in [5.74, 6) is 1.05. The first-order valence-corrected chi connectivity index (χ1v) is 8.41. The van der Waals surface area contributed by atoms with Gasteiger partial charge in [0.15, 0.2) is 0 Å². The Kier molecular flexibility index (Phi) is 4.80. The molecule has 2 atom stereocenters. The SMILES string of the molecule is CN1CC(NC(=O)CC(C)(C)C)CC1c1nc(-c2cnccn2)no1. The summed E-state index contributed by atoms with van der Waals surface area (Å²) in [6.45, 7) is 6.93. The topological polar surface area (TPSA) is 97.0 Å². The molecule has 0 bridgehead atoms. The normalized spacial score (nSPS) is 21.4. The minimum atomic E-state index is -0.0217. The minimum absolute atomic E-state index is 0.0159. The molecule has 8 nitrogen and oxygen atoms in total. The fraction of sp³-hybridized carbons (Fsp3) is 0.588. The van der Waals surface area contributed by atoms with E-state index in [0.717, 1.165) is 13.0 Å². The van der Waals surface area contributed by atoms with Crippen molar-refractivity contribution in [2.75, 3.05) is 13.6 Å². The second-order valence-electron chi connectivity index (χ2n) is 7.74. The molecule has 1 aliphatic heterocycles. The third kappa shape index (κ3) is 4.39. The summed E-state index contributed by atoms with van der Waals surface area (Å²) in [7, 11) is 1.99. The highest BCUT2D eigenvalue weighted by molar-refractivity contribution is 5.76. The third-order valence-electron chi connectivity index (χ3n) is 4.12. The molecule has 2 unspecified atom stereocenters. The zero-order chi connectivity index (χ0) is 18.0. The molecule has 3 rings (SSSR count). The van der Waals surface area contributed by atoms with Crippen molar-refractivity contribution in [3.05, 3.63) is 24.5 Å². The quantitative estimate of drug-likeness (QED) is 0.903. The van der Waals surface area contributed by atoms with Crippen LogP contribution in [0.3, 0.4) is 0 Å². The summed E-state index contributed by atoms with van der Waals surface area (Å²) in [6, 6.07) is 0.0644. The maximum atomic E-state index is 12.2. The van der Waals surface area contributed by atoms with Gasteiger partial charge in [0.2, 0.25) is 17.6 Å². The van der Waals surface area contributed by atoms with Crippen molar-refractivity contribution in [3.63, 3.8) is 0 Å². The van der Waals surface area contributed by atoms with Crippen LogP contribution in [0.1, 0.15) is 45.5 Å². The smallest absolute Gasteiger partial charge is 0.244 e. The van der Waals surface area contributed by atoms with E-state index in [0.29, 0.717) is 23.8 Å². The van der Waals surface area contributed by atoms with E-state index in [1.807, 2.05) is 7.05 Å². The minimum Gasteiger partial charge on any atom is -0.352 e. The first-order valence-electron chi connectivity index (χ1n) is 8.41. The highest BCUT2D eigenvalue weighted by Gasteiger charge is 2.35. The Morgan fingerprint density at radius 1 is 1.40 bits per heavy atom. The number of carbonyl (C=O) groups excluding carboxylic acids is 1. The lowest BCUT2D eigenvalue weighted by molar-refractivity contribution is -0.123. The molecule has 1 amide bonds. The summed E-state index contributed by atoms with van der Waals surface area (Å²) in [4.78, 5) is 26.9. The van der Waals surface area contributed by atoms with Crippen LogP contribution in [0.4, 0.5) is 0 Å². The molecular weight excluding hydrogens is 320 g/mol. The van der Waals surface area contributed by atoms with E-state index in [4.69, 9.17) is 4.52 Å². The zero-order valence-electron chi connectivity index (χ0n) is 15.1. The maximum absolute atomic E-state index is 12.2. The Morgan fingerprint density at radius 2 is 2.20 bits per heavy atom. The molecule has 1 N–H and O–H groups in total. The predicted molar refractivity (Wildman–Crippen MR) is 91.3 cm³/mol. The van der Waals surface area contributed by atoms with Crippen molar-refractivity contribution in [2.24, 2.45) is 5.41 Å². The van der Waals surface area contributed by atoms with Gasteiger partial charge in [-0.15, -0.1) is 0 Å². The molecule has 0 saturated carbocycles. The number of hydrogen-bond acceptors (Lipinski definition) is 7. The molecule has 134 valence electrons. The molecule has 8 heteroatoms. The van der Waals surface area contributed by atoms with Gasteiger partial charge in [-0.05, 0) is 18.9 Å². The predicted octanol–water partition coefficient (Wildman–Crippen LogP) is 1.82. The first-order chi connectivity index (χ1) is 11.8. The average Bonchev–Trinajstić information content (AvgIpc) is 3.13. The average molecular weight is 344 g/mol. The molecule has 0 spiro atoms. The van der Waals surface area contributed by atoms with Crippen molar-refractivity contribution >= 4 is 5.91 Å². The van der Waals surface area contributed by atoms with Gasteiger partial charge < -0.3 is 9.84 Å². The highest BCUT2D eigenvalue weighted by Crippen LogP contribution is 2.31. The lowest BCUT2D eigenvalue weighted by atomic mass is 9.92. The molecule has 0 aromatic carbocycles. The van der Waals surface area contributed by atoms with Crippen molar-refractivity contribution in [2.45, 2.75) is 45.7 Å². The number of amides is 1. The molecule has 1 aliphatic rings. The van der Waals surface area contributed by atoms with Crippen molar-refractivity contribution in [3.8, 4) is 11.5 Å². The van der Waals surface area contributed by atoms with Gasteiger partial charge in [-0.1, -0.05) is 25.9 Å². The van der Waals surface area contributed by atoms with E-state index < -0.39 is 0 Å². The number of carbonyl (C=O) groups is 1. The standard InChI is InChI=1S/C17H24N6O2/c1-17(2,3)8-14(24)20-11-7-13(23(4)10-11)16-21-15(22-25-16)12-9-18-5-6-19-12/h5-6,9,11,13H,7-8,10H2,1-4H3,(H,20,24). The Balaban J connectivity index is 1.64. The lowest BCUT2D eigenvalue weighted by Gasteiger charge is -2.19. The van der Waals surface area contributed by atoms with Crippen LogP contribution in [-0.4, -0.2) is 50.5 Å². The van der Waals surface area contributed by atoms with E-state index >= 15 is 0 Å². The second-order valence-corrected chi connectivity index (χ2v) is 7.74. The molecular formula is C17H24N6O2. The van der Waals surface area contributed by atoms with Crippen LogP contribution in [0.15, 0.2) is 23.1 Å². The Morgan fingerprint density at radius 3 is 2.88 bits per heavy atom. The molecule has 1 saturated heterocycles. The maximum Gasteiger partial charge on any atom is 0.244 e. The number of likely N-dealkylation sites (tertiary alicyclic amines) is 1. The monoisotopic (exact) mass is 344 g/mol. The van der Waals surface area contributed by atoms with Gasteiger partial charge in [0, 0.05) is 31.4 Å². The molecule has 0 radical (unpaired) electrons. The fourth-order valence-electron chi connectivity index (χ4n) is 3.04. The van der Waals surface area contributed by atoms with Crippen molar-refractivity contribution in [1.82, 2.24) is 30.3 Å². The van der Waals surface area contributed by atoms with Gasteiger partial charge in [-0.25, -0.2) is 4.98 Å². The third-order valence-corrected chi connectivity index (χ3v) is 4.12. The van der Waals surface area contributed by atoms with Crippen LogP contribution in [0.5, 0.6) is 0 Å². The van der Waals surface area contributed by atoms with Gasteiger partial charge in [-0.2, -0.15) is 4.98 Å². The number of nitrogens with zero attached hydrogens (tertiary/aromatic N) is 5. The number of hydrogen-bond donors (Lipinski definition) is 1. The van der Waals surface area contributed by atoms with Gasteiger partial charge >= 0.3 is 0 Å². The van der Waals surface area contributed by atoms with E-state index in [9.17, 15) is 4.79 Å². The summed E-state index contributed by atoms with van der Waals surface area (Å²) in [5, 5.41) is 7.11. The molecule has 25 heavy (non-hydrogen) atoms. The van der Waals surface area contributed by atoms with Crippen molar-refractivity contribution < 1.29 is 9.32 Å². The second kappa shape index (κ2) is 6.87. The molecule has 2 aromatic rings. The Labute approximate surface area is 147 Å². The van der Waals surface area contributed by atoms with Crippen LogP contribution < -0.4 is 5.32 Å². The van der Waals surface area contributed by atoms with E-state index in [2.05, 4.69) is 51.1 Å². The number of likely N-dealkylation sites (N-methyl/N-ethyl adjacent to an activating group) is 1. The van der Waals surface area contributed by atoms with E-state index in [1.54, 1.807) is 18.6 Å². The van der Waals surface area contributed by atoms with Gasteiger partial charge in [0.1, 0.15) is 5.69 Å². The molecule has 0 aliphatic carbocycles. The Hall–Kier alpha value is -2.35. The summed E-state index contributed by atoms with van der Waals surface area (Å²) >= 11 is 0. The largest absolute Gasteiger partial charge is 0.352 e. The number of nitrogens with one attached hydrogen (secondary N) is 1. The van der Waals surface area contributed by atoms with Crippen LogP contribution in [0.2, 0.25) is 0 Å². The lowest BCUT2D eigenvalue weighted by Crippen LogP contribution is -2.38. The van der Waals surface area contributed by atoms with Gasteiger partial charge in [0.05, 0.1) is 12.2 Å². The first kappa shape index (κ1) is 17.5. The van der Waals surface area contributed by atoms with Gasteiger partial charge in [-0.3, -0.25) is 14.7 Å². The summed E-state index contributed by atoms with van der Waals surface area (Å²) < 4.78 is 5.42. The van der Waals surface area contributed by atoms with Crippen LogP contribution >= 0.6 is 0 Å². The van der Waals surface area contributed by atoms with Crippen molar-refractivity contribution in [1.29, 1.82) is 0 Å². The van der Waals surface area contributed by atoms with Gasteiger partial charge in [0.25, 0.3) is 0 Å². The molecule has 1 fully saturated rings. The van der Waals surface area contributed by atoms with E-state index in [-0.39, 0.29) is 23.4 Å². The van der Waals surface area contributed by atoms with Crippen LogP contribution in [-0.2, 0) is 4.79 Å². The van der Waals surface area contributed by atoms with Crippen LogP contribution in [0.25, 0.3) is 11.5 Å².